The third-order valence-corrected chi connectivity index (χ3v) is 11.0. The third kappa shape index (κ3) is 10.5. The van der Waals surface area contributed by atoms with Crippen molar-refractivity contribution in [2.75, 3.05) is 71.3 Å². The first-order valence-corrected chi connectivity index (χ1v) is 19.4. The van der Waals surface area contributed by atoms with Gasteiger partial charge in [0.15, 0.2) is 5.58 Å². The lowest BCUT2D eigenvalue weighted by Crippen LogP contribution is -2.47. The molecule has 0 aliphatic carbocycles. The lowest BCUT2D eigenvalue weighted by Gasteiger charge is -2.41. The Hall–Kier alpha value is -4.90. The number of oxazole rings is 1. The van der Waals surface area contributed by atoms with Crippen LogP contribution in [0, 0.1) is 0 Å². The van der Waals surface area contributed by atoms with E-state index in [0.29, 0.717) is 78.2 Å². The van der Waals surface area contributed by atoms with Crippen LogP contribution in [0.25, 0.3) is 11.1 Å². The van der Waals surface area contributed by atoms with Gasteiger partial charge in [-0.25, -0.2) is 4.79 Å². The van der Waals surface area contributed by atoms with Crippen molar-refractivity contribution in [3.63, 3.8) is 0 Å². The second kappa shape index (κ2) is 19.0. The number of alkyl halides is 3. The third-order valence-electron chi connectivity index (χ3n) is 11.0. The Bertz CT molecular complexity index is 2030. The van der Waals surface area contributed by atoms with E-state index in [9.17, 15) is 32.3 Å². The summed E-state index contributed by atoms with van der Waals surface area (Å²) in [6.45, 7) is 7.49. The van der Waals surface area contributed by atoms with Crippen LogP contribution in [0.5, 0.6) is 5.75 Å². The Morgan fingerprint density at radius 1 is 1.07 bits per heavy atom. The number of hydrogen-bond donors (Lipinski definition) is 2. The number of nitrogens with one attached hydrogen (secondary N) is 2. The van der Waals surface area contributed by atoms with Gasteiger partial charge < -0.3 is 29.0 Å². The molecule has 13 nitrogen and oxygen atoms in total. The van der Waals surface area contributed by atoms with Gasteiger partial charge in [-0.2, -0.15) is 13.2 Å². The number of rotatable bonds is 19. The van der Waals surface area contributed by atoms with Crippen molar-refractivity contribution in [3.05, 3.63) is 87.2 Å². The number of pyridine rings is 1. The predicted octanol–water partition coefficient (Wildman–Crippen LogP) is 4.70. The molecule has 1 fully saturated rings. The molecular weight excluding hydrogens is 743 g/mol. The highest BCUT2D eigenvalue weighted by molar-refractivity contribution is 5.81. The van der Waals surface area contributed by atoms with Crippen LogP contribution in [0.1, 0.15) is 65.0 Å². The molecule has 2 aromatic heterocycles. The van der Waals surface area contributed by atoms with E-state index in [2.05, 4.69) is 25.1 Å². The molecule has 4 aromatic rings. The van der Waals surface area contributed by atoms with Crippen LogP contribution < -0.4 is 15.8 Å². The second-order valence-corrected chi connectivity index (χ2v) is 14.9. The van der Waals surface area contributed by atoms with Crippen LogP contribution in [0.3, 0.4) is 0 Å². The van der Waals surface area contributed by atoms with Crippen molar-refractivity contribution in [1.82, 2.24) is 29.6 Å². The zero-order chi connectivity index (χ0) is 40.5. The fraction of sp³-hybridized carbons (Fsp3) is 0.488. The van der Waals surface area contributed by atoms with E-state index in [0.717, 1.165) is 75.8 Å². The van der Waals surface area contributed by atoms with Gasteiger partial charge in [-0.05, 0) is 68.6 Å². The predicted molar refractivity (Wildman–Crippen MR) is 209 cm³/mol. The van der Waals surface area contributed by atoms with E-state index >= 15 is 0 Å². The standard InChI is InChI=1S/C41H50F3N7O6/c1-28-22-33-32(10-12-37-39(33)57-40(55)47-37)38(51(28)27-41(42,43)44)36-11-9-31(23-46-36)56-21-5-14-49-16-18-50(19-17-49)15-13-45-35-8-3-6-29(25-53)34(35)24-48(2)30(26-54)7-4-20-52/h3,6,8-12,20,23,25-26,28,30,38,45H,4-5,7,13-19,21-22,24,27H2,1-2H3,(H,47,55)/t28-,30?,38+/m1/s1. The first-order chi connectivity index (χ1) is 27.5. The van der Waals surface area contributed by atoms with Gasteiger partial charge in [-0.15, -0.1) is 0 Å². The molecule has 1 saturated heterocycles. The fourth-order valence-corrected chi connectivity index (χ4v) is 7.94. The Kier molecular flexibility index (Phi) is 13.9. The van der Waals surface area contributed by atoms with Gasteiger partial charge in [0, 0.05) is 81.6 Å². The van der Waals surface area contributed by atoms with Crippen molar-refractivity contribution in [1.29, 1.82) is 0 Å². The molecule has 3 atom stereocenters. The maximum absolute atomic E-state index is 13.8. The maximum Gasteiger partial charge on any atom is 0.417 e. The number of nitrogens with zero attached hydrogens (tertiary/aromatic N) is 5. The molecule has 57 heavy (non-hydrogen) atoms. The zero-order valence-electron chi connectivity index (χ0n) is 32.3. The first-order valence-electron chi connectivity index (χ1n) is 19.4. The lowest BCUT2D eigenvalue weighted by molar-refractivity contribution is -0.155. The highest BCUT2D eigenvalue weighted by Crippen LogP contribution is 2.41. The number of benzene rings is 2. The summed E-state index contributed by atoms with van der Waals surface area (Å²) in [6.07, 6.45) is 1.41. The van der Waals surface area contributed by atoms with Crippen molar-refractivity contribution in [3.8, 4) is 5.75 Å². The van der Waals surface area contributed by atoms with Crippen molar-refractivity contribution < 1.29 is 36.7 Å². The van der Waals surface area contributed by atoms with Crippen LogP contribution in [-0.4, -0.2) is 133 Å². The zero-order valence-corrected chi connectivity index (χ0v) is 32.3. The number of H-pyrrole nitrogens is 1. The minimum Gasteiger partial charge on any atom is -0.492 e. The topological polar surface area (TPSA) is 144 Å². The van der Waals surface area contributed by atoms with Crippen LogP contribution >= 0.6 is 0 Å². The van der Waals surface area contributed by atoms with E-state index in [4.69, 9.17) is 9.15 Å². The van der Waals surface area contributed by atoms with E-state index in [1.165, 1.54) is 4.90 Å². The number of aromatic nitrogens is 2. The van der Waals surface area contributed by atoms with Gasteiger partial charge in [0.25, 0.3) is 0 Å². The average molecular weight is 794 g/mol. The fourth-order valence-electron chi connectivity index (χ4n) is 7.94. The lowest BCUT2D eigenvalue weighted by atomic mass is 9.86. The number of ether oxygens (including phenoxy) is 1. The summed E-state index contributed by atoms with van der Waals surface area (Å²) in [5, 5.41) is 3.49. The van der Waals surface area contributed by atoms with E-state index < -0.39 is 36.6 Å². The van der Waals surface area contributed by atoms with Crippen LogP contribution in [0.2, 0.25) is 0 Å². The van der Waals surface area contributed by atoms with Gasteiger partial charge >= 0.3 is 11.9 Å². The molecule has 0 spiro atoms. The maximum atomic E-state index is 13.8. The number of carbonyl (C=O) groups excluding carboxylic acids is 3. The molecule has 6 rings (SSSR count). The van der Waals surface area contributed by atoms with Gasteiger partial charge in [0.1, 0.15) is 24.6 Å². The number of fused-ring (bicyclic) bond motifs is 3. The largest absolute Gasteiger partial charge is 0.492 e. The normalized spacial score (nSPS) is 18.7. The molecule has 0 bridgehead atoms. The summed E-state index contributed by atoms with van der Waals surface area (Å²) in [5.74, 6) is -0.0772. The van der Waals surface area contributed by atoms with Crippen molar-refractivity contribution in [2.24, 2.45) is 0 Å². The number of anilines is 1. The number of likely N-dealkylation sites (N-methyl/N-ethyl adjacent to an activating group) is 1. The van der Waals surface area contributed by atoms with E-state index in [1.807, 2.05) is 24.1 Å². The monoisotopic (exact) mass is 793 g/mol. The number of hydrogen-bond acceptors (Lipinski definition) is 12. The number of halogens is 3. The molecule has 16 heteroatoms. The summed E-state index contributed by atoms with van der Waals surface area (Å²) in [4.78, 5) is 61.5. The molecule has 2 aromatic carbocycles. The van der Waals surface area contributed by atoms with Crippen LogP contribution in [0.4, 0.5) is 18.9 Å². The SMILES string of the molecule is C[C@@H]1Cc2c(ccc3[nH]c(=O)oc23)[C@@H](c2ccc(OCCCN3CCN(CCNc4cccc(C=O)c4CN(C)C(C=O)CCC=O)CC3)cn2)N1CC(F)(F)F. The Morgan fingerprint density at radius 3 is 2.53 bits per heavy atom. The average Bonchev–Trinajstić information content (AvgIpc) is 3.59. The number of piperazine rings is 1. The summed E-state index contributed by atoms with van der Waals surface area (Å²) in [6, 6.07) is 10.7. The molecule has 306 valence electrons. The molecule has 2 N–H and O–H groups in total. The second-order valence-electron chi connectivity index (χ2n) is 14.9. The summed E-state index contributed by atoms with van der Waals surface area (Å²) >= 11 is 0. The highest BCUT2D eigenvalue weighted by Gasteiger charge is 2.42. The number of aromatic amines is 1. The van der Waals surface area contributed by atoms with Gasteiger partial charge in [0.05, 0.1) is 42.6 Å². The molecule has 0 saturated carbocycles. The van der Waals surface area contributed by atoms with Crippen LogP contribution in [0.15, 0.2) is 57.9 Å². The first kappa shape index (κ1) is 41.7. The van der Waals surface area contributed by atoms with E-state index in [1.54, 1.807) is 43.5 Å². The molecule has 0 amide bonds. The minimum atomic E-state index is -4.42. The quantitative estimate of drug-likeness (QED) is 0.100. The number of carbonyl (C=O) groups is 3. The highest BCUT2D eigenvalue weighted by atomic mass is 19.4. The van der Waals surface area contributed by atoms with Gasteiger partial charge in [-0.1, -0.05) is 18.2 Å². The molecular formula is C41H50F3N7O6. The Morgan fingerprint density at radius 2 is 1.84 bits per heavy atom. The van der Waals surface area contributed by atoms with Crippen molar-refractivity contribution in [2.45, 2.75) is 63.5 Å². The molecule has 4 heterocycles. The summed E-state index contributed by atoms with van der Waals surface area (Å²) < 4.78 is 52.7. The van der Waals surface area contributed by atoms with Crippen LogP contribution in [-0.2, 0) is 22.6 Å². The summed E-state index contributed by atoms with van der Waals surface area (Å²) in [7, 11) is 1.82. The van der Waals surface area contributed by atoms with E-state index in [-0.39, 0.29) is 0 Å². The molecule has 2 aliphatic rings. The Balaban J connectivity index is 0.962. The molecule has 2 aliphatic heterocycles. The smallest absolute Gasteiger partial charge is 0.417 e. The number of aldehydes is 3. The van der Waals surface area contributed by atoms with Crippen molar-refractivity contribution >= 4 is 35.6 Å². The Labute approximate surface area is 329 Å². The summed E-state index contributed by atoms with van der Waals surface area (Å²) in [5.41, 5.74) is 4.88. The van der Waals surface area contributed by atoms with Gasteiger partial charge in [-0.3, -0.25) is 29.5 Å². The minimum absolute atomic E-state index is 0.294. The molecule has 1 unspecified atom stereocenters. The molecule has 0 radical (unpaired) electrons. The van der Waals surface area contributed by atoms with Gasteiger partial charge in [0.2, 0.25) is 0 Å².